The quantitative estimate of drug-likeness (QED) is 0.804. The molecule has 0 spiro atoms. The Morgan fingerprint density at radius 3 is 2.47 bits per heavy atom. The highest BCUT2D eigenvalue weighted by Gasteiger charge is 2.17. The van der Waals surface area contributed by atoms with Crippen molar-refractivity contribution in [1.82, 2.24) is 20.4 Å². The number of nitrogens with zero attached hydrogens (tertiary/aromatic N) is 2. The molecule has 96 valence electrons. The van der Waals surface area contributed by atoms with Gasteiger partial charge in [-0.2, -0.15) is 5.10 Å². The topological polar surface area (TPSA) is 59.0 Å². The maximum absolute atomic E-state index is 11.7. The Labute approximate surface area is 103 Å². The first-order chi connectivity index (χ1) is 7.90. The van der Waals surface area contributed by atoms with Gasteiger partial charge >= 0.3 is 0 Å². The molecule has 0 saturated carbocycles. The summed E-state index contributed by atoms with van der Waals surface area (Å²) in [4.78, 5) is 11.7. The second-order valence-electron chi connectivity index (χ2n) is 4.72. The smallest absolute Gasteiger partial charge is 0.237 e. The molecule has 2 N–H and O–H groups in total. The molecule has 0 aliphatic heterocycles. The molecule has 5 nitrogen and oxygen atoms in total. The van der Waals surface area contributed by atoms with Gasteiger partial charge in [-0.15, -0.1) is 0 Å². The van der Waals surface area contributed by atoms with Crippen molar-refractivity contribution < 1.29 is 4.79 Å². The first-order valence-corrected chi connectivity index (χ1v) is 5.95. The molecule has 1 amide bonds. The number of carbonyl (C=O) groups is 1. The van der Waals surface area contributed by atoms with Crippen LogP contribution in [0.5, 0.6) is 0 Å². The lowest BCUT2D eigenvalue weighted by Crippen LogP contribution is -2.45. The van der Waals surface area contributed by atoms with E-state index in [1.807, 2.05) is 47.1 Å². The van der Waals surface area contributed by atoms with Crippen LogP contribution < -0.4 is 10.6 Å². The minimum Gasteiger partial charge on any atom is -0.353 e. The highest BCUT2D eigenvalue weighted by Crippen LogP contribution is 2.11. The molecule has 5 heteroatoms. The summed E-state index contributed by atoms with van der Waals surface area (Å²) in [6, 6.07) is 0.0599. The van der Waals surface area contributed by atoms with Crippen molar-refractivity contribution in [3.05, 3.63) is 18.0 Å². The predicted octanol–water partition coefficient (Wildman–Crippen LogP) is 0.984. The third-order valence-electron chi connectivity index (χ3n) is 2.55. The Bertz CT molecular complexity index is 372. The summed E-state index contributed by atoms with van der Waals surface area (Å²) >= 11 is 0. The molecule has 0 saturated heterocycles. The molecule has 17 heavy (non-hydrogen) atoms. The van der Waals surface area contributed by atoms with Gasteiger partial charge in [-0.25, -0.2) is 0 Å². The third kappa shape index (κ3) is 4.19. The summed E-state index contributed by atoms with van der Waals surface area (Å²) < 4.78 is 1.76. The zero-order chi connectivity index (χ0) is 13.0. The fourth-order valence-corrected chi connectivity index (χ4v) is 1.62. The first kappa shape index (κ1) is 13.7. The summed E-state index contributed by atoms with van der Waals surface area (Å²) in [6.45, 7) is 7.80. The summed E-state index contributed by atoms with van der Waals surface area (Å²) in [6.07, 6.45) is 3.76. The SMILES string of the molecule is CC(C)NC(=O)C(C)NC(C)c1cnn(C)c1. The number of hydrogen-bond donors (Lipinski definition) is 2. The van der Waals surface area contributed by atoms with Crippen molar-refractivity contribution in [1.29, 1.82) is 0 Å². The van der Waals surface area contributed by atoms with E-state index in [1.165, 1.54) is 0 Å². The standard InChI is InChI=1S/C12H22N4O/c1-8(2)14-12(17)10(4)15-9(3)11-6-13-16(5)7-11/h6-10,15H,1-5H3,(H,14,17). The number of amides is 1. The molecular weight excluding hydrogens is 216 g/mol. The Hall–Kier alpha value is -1.36. The Morgan fingerprint density at radius 2 is 2.00 bits per heavy atom. The molecule has 1 heterocycles. The predicted molar refractivity (Wildman–Crippen MR) is 67.5 cm³/mol. The maximum Gasteiger partial charge on any atom is 0.237 e. The molecule has 0 fully saturated rings. The van der Waals surface area contributed by atoms with Crippen LogP contribution in [0.3, 0.4) is 0 Å². The molecule has 0 aliphatic carbocycles. The van der Waals surface area contributed by atoms with Gasteiger partial charge in [0.05, 0.1) is 12.2 Å². The van der Waals surface area contributed by atoms with Gasteiger partial charge in [0.15, 0.2) is 0 Å². The van der Waals surface area contributed by atoms with Gasteiger partial charge in [0, 0.05) is 30.9 Å². The molecule has 2 atom stereocenters. The second-order valence-corrected chi connectivity index (χ2v) is 4.72. The lowest BCUT2D eigenvalue weighted by Gasteiger charge is -2.19. The second kappa shape index (κ2) is 5.82. The minimum absolute atomic E-state index is 0.0238. The number of aromatic nitrogens is 2. The van der Waals surface area contributed by atoms with E-state index in [-0.39, 0.29) is 24.0 Å². The first-order valence-electron chi connectivity index (χ1n) is 5.95. The van der Waals surface area contributed by atoms with Gasteiger partial charge in [-0.1, -0.05) is 0 Å². The molecule has 0 aliphatic rings. The van der Waals surface area contributed by atoms with E-state index in [2.05, 4.69) is 15.7 Å². The molecule has 1 rings (SSSR count). The third-order valence-corrected chi connectivity index (χ3v) is 2.55. The van der Waals surface area contributed by atoms with Gasteiger partial charge in [0.25, 0.3) is 0 Å². The van der Waals surface area contributed by atoms with E-state index >= 15 is 0 Å². The van der Waals surface area contributed by atoms with E-state index in [0.29, 0.717) is 0 Å². The van der Waals surface area contributed by atoms with Crippen LogP contribution in [-0.2, 0) is 11.8 Å². The average Bonchev–Trinajstić information content (AvgIpc) is 2.63. The van der Waals surface area contributed by atoms with Crippen LogP contribution in [0, 0.1) is 0 Å². The molecular formula is C12H22N4O. The fraction of sp³-hybridized carbons (Fsp3) is 0.667. The molecule has 1 aromatic rings. The fourth-order valence-electron chi connectivity index (χ4n) is 1.62. The van der Waals surface area contributed by atoms with Gasteiger partial charge < -0.3 is 5.32 Å². The number of carbonyl (C=O) groups excluding carboxylic acids is 1. The minimum atomic E-state index is -0.215. The summed E-state index contributed by atoms with van der Waals surface area (Å²) in [5.41, 5.74) is 1.08. The van der Waals surface area contributed by atoms with Gasteiger partial charge in [0.2, 0.25) is 5.91 Å². The largest absolute Gasteiger partial charge is 0.353 e. The monoisotopic (exact) mass is 238 g/mol. The van der Waals surface area contributed by atoms with Crippen molar-refractivity contribution in [2.24, 2.45) is 7.05 Å². The molecule has 2 unspecified atom stereocenters. The van der Waals surface area contributed by atoms with Crippen LogP contribution in [0.4, 0.5) is 0 Å². The lowest BCUT2D eigenvalue weighted by molar-refractivity contribution is -0.123. The van der Waals surface area contributed by atoms with Crippen molar-refractivity contribution in [3.8, 4) is 0 Å². The summed E-state index contributed by atoms with van der Waals surface area (Å²) in [5.74, 6) is 0.0238. The number of rotatable bonds is 5. The van der Waals surface area contributed by atoms with E-state index in [1.54, 1.807) is 4.68 Å². The normalized spacial score (nSPS) is 14.7. The number of nitrogens with one attached hydrogen (secondary N) is 2. The van der Waals surface area contributed by atoms with Crippen molar-refractivity contribution in [3.63, 3.8) is 0 Å². The molecule has 1 aromatic heterocycles. The van der Waals surface area contributed by atoms with Gasteiger partial charge in [-0.05, 0) is 27.7 Å². The molecule has 0 radical (unpaired) electrons. The van der Waals surface area contributed by atoms with Crippen LogP contribution in [-0.4, -0.2) is 27.8 Å². The van der Waals surface area contributed by atoms with E-state index in [9.17, 15) is 4.79 Å². The van der Waals surface area contributed by atoms with Crippen LogP contribution >= 0.6 is 0 Å². The van der Waals surface area contributed by atoms with Gasteiger partial charge in [0.1, 0.15) is 0 Å². The summed E-state index contributed by atoms with van der Waals surface area (Å²) in [7, 11) is 1.88. The van der Waals surface area contributed by atoms with Crippen LogP contribution in [0.2, 0.25) is 0 Å². The zero-order valence-electron chi connectivity index (χ0n) is 11.2. The lowest BCUT2D eigenvalue weighted by atomic mass is 10.1. The zero-order valence-corrected chi connectivity index (χ0v) is 11.2. The van der Waals surface area contributed by atoms with Crippen molar-refractivity contribution >= 4 is 5.91 Å². The highest BCUT2D eigenvalue weighted by atomic mass is 16.2. The Morgan fingerprint density at radius 1 is 1.35 bits per heavy atom. The Balaban J connectivity index is 2.51. The van der Waals surface area contributed by atoms with E-state index < -0.39 is 0 Å². The van der Waals surface area contributed by atoms with Gasteiger partial charge in [-0.3, -0.25) is 14.8 Å². The van der Waals surface area contributed by atoms with Crippen LogP contribution in [0.1, 0.15) is 39.3 Å². The molecule has 0 aromatic carbocycles. The maximum atomic E-state index is 11.7. The van der Waals surface area contributed by atoms with Crippen LogP contribution in [0.25, 0.3) is 0 Å². The summed E-state index contributed by atoms with van der Waals surface area (Å²) in [5, 5.41) is 10.2. The van der Waals surface area contributed by atoms with Crippen molar-refractivity contribution in [2.45, 2.75) is 45.8 Å². The number of aryl methyl sites for hydroxylation is 1. The Kier molecular flexibility index (Phi) is 4.69. The average molecular weight is 238 g/mol. The number of hydrogen-bond acceptors (Lipinski definition) is 3. The van der Waals surface area contributed by atoms with E-state index in [0.717, 1.165) is 5.56 Å². The van der Waals surface area contributed by atoms with Crippen molar-refractivity contribution in [2.75, 3.05) is 0 Å². The van der Waals surface area contributed by atoms with E-state index in [4.69, 9.17) is 0 Å². The van der Waals surface area contributed by atoms with Crippen LogP contribution in [0.15, 0.2) is 12.4 Å². The molecule has 0 bridgehead atoms. The highest BCUT2D eigenvalue weighted by molar-refractivity contribution is 5.81.